The van der Waals surface area contributed by atoms with Crippen molar-refractivity contribution in [1.82, 2.24) is 9.88 Å². The van der Waals surface area contributed by atoms with Crippen LogP contribution in [0.15, 0.2) is 28.7 Å². The van der Waals surface area contributed by atoms with Crippen LogP contribution in [0, 0.1) is 0 Å². The molecule has 1 heterocycles. The van der Waals surface area contributed by atoms with E-state index < -0.39 is 0 Å². The van der Waals surface area contributed by atoms with Crippen LogP contribution in [0.3, 0.4) is 0 Å². The number of ether oxygens (including phenoxy) is 2. The molecular weight excluding hydrogens is 352 g/mol. The number of anilines is 1. The molecule has 1 aromatic carbocycles. The number of hydrogen-bond acceptors (Lipinski definition) is 8. The van der Waals surface area contributed by atoms with Gasteiger partial charge in [0, 0.05) is 17.5 Å². The Bertz CT molecular complexity index is 759. The molecule has 2 rings (SSSR count). The molecule has 1 N–H and O–H groups in total. The number of thiazole rings is 1. The molecule has 2 aromatic rings. The van der Waals surface area contributed by atoms with Crippen LogP contribution < -0.4 is 10.2 Å². The van der Waals surface area contributed by atoms with Crippen LogP contribution in [0.5, 0.6) is 5.75 Å². The Morgan fingerprint density at radius 3 is 2.92 bits per heavy atom. The molecule has 8 heteroatoms. The summed E-state index contributed by atoms with van der Waals surface area (Å²) in [5, 5.41) is 6.66. The summed E-state index contributed by atoms with van der Waals surface area (Å²) in [4.78, 5) is 17.9. The molecule has 0 saturated heterocycles. The summed E-state index contributed by atoms with van der Waals surface area (Å²) in [5.41, 5.74) is 5.61. The fourth-order valence-corrected chi connectivity index (χ4v) is 2.96. The van der Waals surface area contributed by atoms with Gasteiger partial charge in [-0.3, -0.25) is 10.2 Å². The van der Waals surface area contributed by atoms with Crippen molar-refractivity contribution in [2.45, 2.75) is 19.9 Å². The van der Waals surface area contributed by atoms with Gasteiger partial charge in [0.25, 0.3) is 0 Å². The minimum absolute atomic E-state index is 0.169. The van der Waals surface area contributed by atoms with Gasteiger partial charge in [0.2, 0.25) is 5.13 Å². The average Bonchev–Trinajstić information content (AvgIpc) is 3.02. The number of carbonyl (C=O) groups is 1. The first-order chi connectivity index (χ1) is 12.5. The van der Waals surface area contributed by atoms with Crippen molar-refractivity contribution in [3.05, 3.63) is 40.4 Å². The largest absolute Gasteiger partial charge is 0.496 e. The molecule has 26 heavy (non-hydrogen) atoms. The molecule has 0 aliphatic rings. The number of hydrazone groups is 1. The van der Waals surface area contributed by atoms with E-state index in [1.54, 1.807) is 20.2 Å². The summed E-state index contributed by atoms with van der Waals surface area (Å²) >= 11 is 1.39. The fourth-order valence-electron chi connectivity index (χ4n) is 2.30. The molecule has 0 amide bonds. The van der Waals surface area contributed by atoms with Gasteiger partial charge in [-0.25, -0.2) is 4.98 Å². The first-order valence-electron chi connectivity index (χ1n) is 8.22. The highest BCUT2D eigenvalue weighted by molar-refractivity contribution is 7.13. The van der Waals surface area contributed by atoms with Crippen LogP contribution in [0.1, 0.15) is 23.7 Å². The van der Waals surface area contributed by atoms with Gasteiger partial charge in [-0.05, 0) is 44.8 Å². The number of nitrogens with one attached hydrogen (secondary N) is 1. The van der Waals surface area contributed by atoms with E-state index in [4.69, 9.17) is 9.47 Å². The average molecular weight is 376 g/mol. The van der Waals surface area contributed by atoms with Gasteiger partial charge in [-0.2, -0.15) is 5.10 Å². The Labute approximate surface area is 157 Å². The molecule has 0 spiro atoms. The molecule has 0 bridgehead atoms. The molecule has 7 nitrogen and oxygen atoms in total. The Hall–Kier alpha value is -2.45. The van der Waals surface area contributed by atoms with E-state index in [9.17, 15) is 4.79 Å². The number of aromatic nitrogens is 1. The van der Waals surface area contributed by atoms with Gasteiger partial charge in [0.05, 0.1) is 32.0 Å². The van der Waals surface area contributed by atoms with Crippen LogP contribution in [-0.2, 0) is 22.5 Å². The predicted octanol–water partition coefficient (Wildman–Crippen LogP) is 2.76. The van der Waals surface area contributed by atoms with Gasteiger partial charge in [-0.1, -0.05) is 0 Å². The second kappa shape index (κ2) is 9.88. The third kappa shape index (κ3) is 6.12. The zero-order chi connectivity index (χ0) is 18.9. The summed E-state index contributed by atoms with van der Waals surface area (Å²) in [6.45, 7) is 2.93. The summed E-state index contributed by atoms with van der Waals surface area (Å²) in [5.74, 6) is 0.576. The Morgan fingerprint density at radius 2 is 2.23 bits per heavy atom. The lowest BCUT2D eigenvalue weighted by atomic mass is 10.1. The molecule has 0 fully saturated rings. The smallest absolute Gasteiger partial charge is 0.311 e. The second-order valence-corrected chi connectivity index (χ2v) is 6.66. The van der Waals surface area contributed by atoms with Crippen LogP contribution in [0.2, 0.25) is 0 Å². The van der Waals surface area contributed by atoms with E-state index in [0.29, 0.717) is 17.4 Å². The SMILES string of the molecule is CCOC(=O)Cc1csc(NN=Cc2ccc(OC)c(CN(C)C)c2)n1. The maximum absolute atomic E-state index is 11.5. The molecular formula is C18H24N4O3S. The predicted molar refractivity (Wildman–Crippen MR) is 104 cm³/mol. The van der Waals surface area contributed by atoms with E-state index in [-0.39, 0.29) is 12.4 Å². The van der Waals surface area contributed by atoms with Crippen molar-refractivity contribution < 1.29 is 14.3 Å². The molecule has 0 unspecified atom stereocenters. The Morgan fingerprint density at radius 1 is 1.42 bits per heavy atom. The molecule has 0 aliphatic heterocycles. The standard InChI is InChI=1S/C18H24N4O3S/c1-5-25-17(23)9-15-12-26-18(20-15)21-19-10-13-6-7-16(24-4)14(8-13)11-22(2)3/h6-8,10,12H,5,9,11H2,1-4H3,(H,20,21). The van der Waals surface area contributed by atoms with E-state index in [0.717, 1.165) is 23.4 Å². The van der Waals surface area contributed by atoms with Gasteiger partial charge >= 0.3 is 5.97 Å². The number of methoxy groups -OCH3 is 1. The Balaban J connectivity index is 1.98. The number of hydrogen-bond donors (Lipinski definition) is 1. The van der Waals surface area contributed by atoms with Gasteiger partial charge in [0.1, 0.15) is 5.75 Å². The monoisotopic (exact) mass is 376 g/mol. The third-order valence-corrected chi connectivity index (χ3v) is 4.14. The molecule has 0 atom stereocenters. The molecule has 140 valence electrons. The fraction of sp³-hybridized carbons (Fsp3) is 0.389. The topological polar surface area (TPSA) is 76.1 Å². The van der Waals surface area contributed by atoms with Gasteiger partial charge in [-0.15, -0.1) is 11.3 Å². The third-order valence-electron chi connectivity index (χ3n) is 3.35. The van der Waals surface area contributed by atoms with Crippen molar-refractivity contribution in [2.24, 2.45) is 5.10 Å². The first-order valence-corrected chi connectivity index (χ1v) is 9.10. The van der Waals surface area contributed by atoms with E-state index >= 15 is 0 Å². The highest BCUT2D eigenvalue weighted by atomic mass is 32.1. The number of benzene rings is 1. The quantitative estimate of drug-likeness (QED) is 0.412. The summed E-state index contributed by atoms with van der Waals surface area (Å²) in [6, 6.07) is 5.91. The van der Waals surface area contributed by atoms with Crippen molar-refractivity contribution in [3.63, 3.8) is 0 Å². The number of esters is 1. The van der Waals surface area contributed by atoms with Crippen molar-refractivity contribution in [2.75, 3.05) is 33.2 Å². The lowest BCUT2D eigenvalue weighted by molar-refractivity contribution is -0.142. The lowest BCUT2D eigenvalue weighted by Crippen LogP contribution is -2.11. The minimum atomic E-state index is -0.278. The first kappa shape index (κ1) is 19.9. The second-order valence-electron chi connectivity index (χ2n) is 5.80. The highest BCUT2D eigenvalue weighted by Gasteiger charge is 2.08. The summed E-state index contributed by atoms with van der Waals surface area (Å²) < 4.78 is 10.3. The van der Waals surface area contributed by atoms with E-state index in [2.05, 4.69) is 20.4 Å². The van der Waals surface area contributed by atoms with Crippen LogP contribution in [0.4, 0.5) is 5.13 Å². The highest BCUT2D eigenvalue weighted by Crippen LogP contribution is 2.20. The molecule has 0 saturated carbocycles. The van der Waals surface area contributed by atoms with E-state index in [1.165, 1.54) is 11.3 Å². The van der Waals surface area contributed by atoms with Gasteiger partial charge < -0.3 is 14.4 Å². The number of rotatable bonds is 9. The van der Waals surface area contributed by atoms with Gasteiger partial charge in [0.15, 0.2) is 0 Å². The van der Waals surface area contributed by atoms with Crippen molar-refractivity contribution in [1.29, 1.82) is 0 Å². The van der Waals surface area contributed by atoms with Crippen molar-refractivity contribution in [3.8, 4) is 5.75 Å². The zero-order valence-electron chi connectivity index (χ0n) is 15.5. The number of carbonyl (C=O) groups excluding carboxylic acids is 1. The van der Waals surface area contributed by atoms with Crippen LogP contribution in [-0.4, -0.2) is 49.9 Å². The minimum Gasteiger partial charge on any atom is -0.496 e. The number of nitrogens with zero attached hydrogens (tertiary/aromatic N) is 3. The molecule has 0 aliphatic carbocycles. The summed E-state index contributed by atoms with van der Waals surface area (Å²) in [6.07, 6.45) is 1.90. The zero-order valence-corrected chi connectivity index (χ0v) is 16.3. The Kier molecular flexibility index (Phi) is 7.55. The normalized spacial score (nSPS) is 11.1. The lowest BCUT2D eigenvalue weighted by Gasteiger charge is -2.13. The summed E-state index contributed by atoms with van der Waals surface area (Å²) in [7, 11) is 5.69. The van der Waals surface area contributed by atoms with E-state index in [1.807, 2.05) is 37.7 Å². The maximum atomic E-state index is 11.5. The molecule has 1 aromatic heterocycles. The van der Waals surface area contributed by atoms with Crippen molar-refractivity contribution >= 4 is 28.7 Å². The maximum Gasteiger partial charge on any atom is 0.311 e. The van der Waals surface area contributed by atoms with Crippen LogP contribution in [0.25, 0.3) is 0 Å². The molecule has 0 radical (unpaired) electrons. The van der Waals surface area contributed by atoms with Crippen LogP contribution >= 0.6 is 11.3 Å².